The topological polar surface area (TPSA) is 148 Å². The first-order valence-corrected chi connectivity index (χ1v) is 5.82. The van der Waals surface area contributed by atoms with Gasteiger partial charge in [-0.15, -0.1) is 0 Å². The Labute approximate surface area is 139 Å². The van der Waals surface area contributed by atoms with Crippen LogP contribution in [0.2, 0.25) is 0 Å². The number of aliphatic hydroxyl groups excluding tert-OH is 1. The summed E-state index contributed by atoms with van der Waals surface area (Å²) in [6.07, 6.45) is 2.86. The standard InChI is InChI=1S/C9H12N4O2S.C2H4O2.Zn/c1-5-8(15)7(3-12-13-9(10)16)6(4-14)2-11-5;1-2(3)4;/h2-3,14H,4H2,1H3,(H4,10,11,12,13,15,16);1H3,(H,3,4);/q;;+2/p+2. The molecule has 0 spiro atoms. The average molecular weight is 368 g/mol. The zero-order valence-corrected chi connectivity index (χ0v) is 15.7. The first-order valence-electron chi connectivity index (χ1n) is 5.38. The molecule has 0 saturated carbocycles. The van der Waals surface area contributed by atoms with Crippen LogP contribution in [0.4, 0.5) is 0 Å². The molecule has 0 aliphatic heterocycles. The molecular weight excluding hydrogens is 350 g/mol. The van der Waals surface area contributed by atoms with E-state index in [2.05, 4.69) is 27.7 Å². The average Bonchev–Trinajstić information content (AvgIpc) is 2.33. The normalized spacial score (nSPS) is 9.33. The summed E-state index contributed by atoms with van der Waals surface area (Å²) >= 11 is 3.74. The molecule has 0 atom stereocenters. The largest absolute Gasteiger partial charge is 2.00 e. The van der Waals surface area contributed by atoms with E-state index in [-0.39, 0.29) is 36.9 Å². The van der Waals surface area contributed by atoms with E-state index in [1.165, 1.54) is 19.3 Å². The fraction of sp³-hybridized carbons (Fsp3) is 0.273. The number of pyridine rings is 1. The van der Waals surface area contributed by atoms with Gasteiger partial charge in [-0.25, -0.2) is 0 Å². The molecule has 0 unspecified atom stereocenters. The molecule has 110 valence electrons. The number of hydrogen-bond acceptors (Lipinski definition) is 4. The molecule has 8 nitrogen and oxygen atoms in total. The maximum atomic E-state index is 9.11. The van der Waals surface area contributed by atoms with Crippen molar-refractivity contribution in [2.45, 2.75) is 20.5 Å². The van der Waals surface area contributed by atoms with Gasteiger partial charge >= 0.3 is 25.4 Å². The number of aromatic nitrogens is 1. The van der Waals surface area contributed by atoms with Crippen LogP contribution in [0.1, 0.15) is 23.7 Å². The van der Waals surface area contributed by atoms with E-state index >= 15 is 0 Å². The van der Waals surface area contributed by atoms with Crippen molar-refractivity contribution in [3.63, 3.8) is 0 Å². The van der Waals surface area contributed by atoms with E-state index in [4.69, 9.17) is 25.8 Å². The van der Waals surface area contributed by atoms with E-state index in [0.29, 0.717) is 16.8 Å². The first-order chi connectivity index (χ1) is 9.29. The summed E-state index contributed by atoms with van der Waals surface area (Å²) in [6, 6.07) is 0. The number of nitrogens with two attached hydrogens (primary N) is 1. The molecule has 21 heavy (non-hydrogen) atoms. The third-order valence-electron chi connectivity index (χ3n) is 1.91. The Balaban J connectivity index is 0. The van der Waals surface area contributed by atoms with Crippen LogP contribution in [0.3, 0.4) is 0 Å². The molecule has 7 N–H and O–H groups in total. The van der Waals surface area contributed by atoms with Crippen LogP contribution in [-0.2, 0) is 43.1 Å². The summed E-state index contributed by atoms with van der Waals surface area (Å²) in [5.41, 5.74) is 10.3. The maximum absolute atomic E-state index is 9.11. The van der Waals surface area contributed by atoms with Crippen LogP contribution >= 0.6 is 0 Å². The predicted molar refractivity (Wildman–Crippen MR) is 81.2 cm³/mol. The smallest absolute Gasteiger partial charge is 0.592 e. The Morgan fingerprint density at radius 1 is 1.67 bits per heavy atom. The molecule has 0 saturated heterocycles. The number of aliphatic hydroxyl groups is 1. The monoisotopic (exact) mass is 366 g/mol. The second-order valence-corrected chi connectivity index (χ2v) is 4.03. The van der Waals surface area contributed by atoms with Crippen molar-refractivity contribution in [2.24, 2.45) is 10.8 Å². The Hall–Kier alpha value is -1.48. The van der Waals surface area contributed by atoms with Crippen LogP contribution in [-0.4, -0.2) is 37.6 Å². The van der Waals surface area contributed by atoms with Crippen LogP contribution in [0, 0.1) is 6.92 Å². The number of nitrogens with zero attached hydrogens (tertiary/aromatic N) is 3. The van der Waals surface area contributed by atoms with Crippen LogP contribution in [0.25, 0.3) is 5.43 Å². The van der Waals surface area contributed by atoms with Crippen LogP contribution in [0.5, 0.6) is 5.75 Å². The van der Waals surface area contributed by atoms with Crippen LogP contribution in [0.15, 0.2) is 11.3 Å². The minimum Gasteiger partial charge on any atom is -0.592 e. The van der Waals surface area contributed by atoms with Gasteiger partial charge in [-0.3, -0.25) is 10.7 Å². The van der Waals surface area contributed by atoms with E-state index in [0.717, 1.165) is 0 Å². The van der Waals surface area contributed by atoms with Gasteiger partial charge in [0.25, 0.3) is 5.75 Å². The second kappa shape index (κ2) is 11.2. The molecule has 1 aromatic rings. The fourth-order valence-electron chi connectivity index (χ4n) is 1.08. The number of carbonyl (C=O) groups excluding carboxylic acids is 1. The summed E-state index contributed by atoms with van der Waals surface area (Å²) in [5, 5.41) is 26.5. The SMILES string of the molecule is CC(=O)[OH2+].Cc1ncc(CO)c(C=N[N-]C(N)=[SH+])c1[OH2+].[Zn+2]. The molecule has 0 bridgehead atoms. The van der Waals surface area contributed by atoms with Gasteiger partial charge in [0.2, 0.25) is 0 Å². The van der Waals surface area contributed by atoms with Gasteiger partial charge in [-0.2, -0.15) is 0 Å². The van der Waals surface area contributed by atoms with Gasteiger partial charge in [0.15, 0.2) is 17.3 Å². The molecule has 1 rings (SSSR count). The molecule has 0 aromatic carbocycles. The molecule has 0 fully saturated rings. The van der Waals surface area contributed by atoms with Crippen molar-refractivity contribution in [1.82, 2.24) is 4.98 Å². The summed E-state index contributed by atoms with van der Waals surface area (Å²) in [5.74, 6) is -0.372. The summed E-state index contributed by atoms with van der Waals surface area (Å²) in [7, 11) is 0. The molecule has 1 aromatic heterocycles. The summed E-state index contributed by atoms with van der Waals surface area (Å²) in [6.45, 7) is 2.69. The molecule has 0 radical (unpaired) electrons. The zero-order valence-electron chi connectivity index (χ0n) is 11.8. The Morgan fingerprint density at radius 2 is 2.19 bits per heavy atom. The first kappa shape index (κ1) is 21.8. The van der Waals surface area contributed by atoms with E-state index in [9.17, 15) is 0 Å². The Kier molecular flexibility index (Phi) is 11.6. The van der Waals surface area contributed by atoms with Crippen molar-refractivity contribution in [2.75, 3.05) is 0 Å². The minimum absolute atomic E-state index is 0. The van der Waals surface area contributed by atoms with Crippen molar-refractivity contribution in [3.05, 3.63) is 28.4 Å². The number of aryl methyl sites for hydroxylation is 1. The van der Waals surface area contributed by atoms with Gasteiger partial charge in [0.05, 0.1) is 19.1 Å². The van der Waals surface area contributed by atoms with Crippen molar-refractivity contribution in [1.29, 1.82) is 0 Å². The number of thiol groups is 1. The van der Waals surface area contributed by atoms with E-state index < -0.39 is 5.97 Å². The molecule has 0 amide bonds. The molecular formula is C11H18N4O4SZn+4. The molecule has 10 heteroatoms. The Bertz CT molecular complexity index is 521. The van der Waals surface area contributed by atoms with E-state index in [1.54, 1.807) is 6.92 Å². The van der Waals surface area contributed by atoms with Crippen molar-refractivity contribution < 1.29 is 39.6 Å². The van der Waals surface area contributed by atoms with Crippen LogP contribution < -0.4 is 5.73 Å². The molecule has 0 aliphatic carbocycles. The van der Waals surface area contributed by atoms with Crippen molar-refractivity contribution >= 4 is 29.5 Å². The van der Waals surface area contributed by atoms with Gasteiger partial charge in [-0.05, 0) is 6.92 Å². The summed E-state index contributed by atoms with van der Waals surface area (Å²) in [4.78, 5) is 13.1. The Morgan fingerprint density at radius 3 is 2.62 bits per heavy atom. The molecule has 1 heterocycles. The summed E-state index contributed by atoms with van der Waals surface area (Å²) < 4.78 is 0. The van der Waals surface area contributed by atoms with E-state index in [1.807, 2.05) is 0 Å². The number of rotatable bonds is 3. The molecule has 0 aliphatic rings. The quantitative estimate of drug-likeness (QED) is 0.169. The third-order valence-corrected chi connectivity index (χ3v) is 2.00. The maximum Gasteiger partial charge on any atom is 2.00 e. The van der Waals surface area contributed by atoms with Gasteiger partial charge in [0, 0.05) is 22.8 Å². The van der Waals surface area contributed by atoms with Gasteiger partial charge in [0.1, 0.15) is 5.69 Å². The van der Waals surface area contributed by atoms with Gasteiger partial charge < -0.3 is 25.8 Å². The second-order valence-electron chi connectivity index (χ2n) is 3.57. The van der Waals surface area contributed by atoms with Crippen molar-refractivity contribution in [3.8, 4) is 5.75 Å². The minimum atomic E-state index is -0.583. The van der Waals surface area contributed by atoms with Gasteiger partial charge in [-0.1, -0.05) is 0 Å². The number of carbonyl (C=O) groups is 1. The number of hydrogen-bond donors (Lipinski definition) is 2. The zero-order chi connectivity index (χ0) is 15.7. The fourth-order valence-corrected chi connectivity index (χ4v) is 1.14. The third kappa shape index (κ3) is 9.14. The predicted octanol–water partition coefficient (Wildman–Crippen LogP) is -1.39.